The number of hydrogen-bond donors (Lipinski definition) is 1. The predicted octanol–water partition coefficient (Wildman–Crippen LogP) is 4.37. The van der Waals surface area contributed by atoms with Crippen molar-refractivity contribution in [1.29, 1.82) is 0 Å². The predicted molar refractivity (Wildman–Crippen MR) is 97.2 cm³/mol. The molecular formula is C20H17ClN2O. The Morgan fingerprint density at radius 1 is 0.917 bits per heavy atom. The minimum atomic E-state index is -0.179. The SMILES string of the molecule is O=C(NCCc1ccccc1Cl)c1ccc(-c2ccccc2)cn1. The number of pyridine rings is 1. The molecule has 1 N–H and O–H groups in total. The van der Waals surface area contributed by atoms with E-state index in [1.54, 1.807) is 12.3 Å². The fourth-order valence-corrected chi connectivity index (χ4v) is 2.66. The molecule has 1 heterocycles. The van der Waals surface area contributed by atoms with Gasteiger partial charge in [0.1, 0.15) is 5.69 Å². The van der Waals surface area contributed by atoms with Crippen LogP contribution in [0.3, 0.4) is 0 Å². The van der Waals surface area contributed by atoms with Gasteiger partial charge in [-0.1, -0.05) is 66.2 Å². The number of nitrogens with zero attached hydrogens (tertiary/aromatic N) is 1. The van der Waals surface area contributed by atoms with Crippen molar-refractivity contribution >= 4 is 17.5 Å². The highest BCUT2D eigenvalue weighted by Crippen LogP contribution is 2.18. The number of amides is 1. The first kappa shape index (κ1) is 16.2. The molecule has 0 atom stereocenters. The highest BCUT2D eigenvalue weighted by Gasteiger charge is 2.07. The summed E-state index contributed by atoms with van der Waals surface area (Å²) in [5.41, 5.74) is 3.50. The number of benzene rings is 2. The Balaban J connectivity index is 1.58. The molecule has 3 aromatic rings. The second-order valence-corrected chi connectivity index (χ2v) is 5.80. The van der Waals surface area contributed by atoms with E-state index in [-0.39, 0.29) is 5.91 Å². The van der Waals surface area contributed by atoms with Gasteiger partial charge in [-0.3, -0.25) is 9.78 Å². The fraction of sp³-hybridized carbons (Fsp3) is 0.100. The third-order valence-electron chi connectivity index (χ3n) is 3.74. The van der Waals surface area contributed by atoms with Crippen molar-refractivity contribution in [3.05, 3.63) is 89.2 Å². The van der Waals surface area contributed by atoms with Crippen LogP contribution in [-0.2, 0) is 6.42 Å². The number of carbonyl (C=O) groups is 1. The third kappa shape index (κ3) is 4.00. The molecule has 24 heavy (non-hydrogen) atoms. The Labute approximate surface area is 146 Å². The van der Waals surface area contributed by atoms with Crippen LogP contribution in [0.4, 0.5) is 0 Å². The summed E-state index contributed by atoms with van der Waals surface area (Å²) >= 11 is 6.11. The van der Waals surface area contributed by atoms with Gasteiger partial charge in [0, 0.05) is 23.3 Å². The lowest BCUT2D eigenvalue weighted by molar-refractivity contribution is 0.0949. The lowest BCUT2D eigenvalue weighted by atomic mass is 10.1. The van der Waals surface area contributed by atoms with Gasteiger partial charge in [0.25, 0.3) is 5.91 Å². The largest absolute Gasteiger partial charge is 0.350 e. The van der Waals surface area contributed by atoms with E-state index in [9.17, 15) is 4.79 Å². The normalized spacial score (nSPS) is 10.4. The summed E-state index contributed by atoms with van der Waals surface area (Å²) in [6.07, 6.45) is 2.41. The van der Waals surface area contributed by atoms with Crippen molar-refractivity contribution in [3.63, 3.8) is 0 Å². The Bertz CT molecular complexity index is 817. The summed E-state index contributed by atoms with van der Waals surface area (Å²) in [6.45, 7) is 0.519. The molecule has 120 valence electrons. The maximum absolute atomic E-state index is 12.2. The molecule has 0 aliphatic rings. The maximum Gasteiger partial charge on any atom is 0.269 e. The van der Waals surface area contributed by atoms with Crippen molar-refractivity contribution in [3.8, 4) is 11.1 Å². The van der Waals surface area contributed by atoms with Gasteiger partial charge in [0.15, 0.2) is 0 Å². The lowest BCUT2D eigenvalue weighted by Crippen LogP contribution is -2.26. The number of rotatable bonds is 5. The third-order valence-corrected chi connectivity index (χ3v) is 4.11. The van der Waals surface area contributed by atoms with E-state index >= 15 is 0 Å². The molecule has 3 rings (SSSR count). The standard InChI is InChI=1S/C20H17ClN2O/c21-18-9-5-4-8-16(18)12-13-22-20(24)19-11-10-17(14-23-19)15-6-2-1-3-7-15/h1-11,14H,12-13H2,(H,22,24). The summed E-state index contributed by atoms with van der Waals surface area (Å²) in [5.74, 6) is -0.179. The van der Waals surface area contributed by atoms with Gasteiger partial charge < -0.3 is 5.32 Å². The quantitative estimate of drug-likeness (QED) is 0.751. The van der Waals surface area contributed by atoms with Crippen LogP contribution in [-0.4, -0.2) is 17.4 Å². The molecule has 0 unspecified atom stereocenters. The molecule has 0 bridgehead atoms. The number of nitrogens with one attached hydrogen (secondary N) is 1. The minimum Gasteiger partial charge on any atom is -0.350 e. The highest BCUT2D eigenvalue weighted by atomic mass is 35.5. The Kier molecular flexibility index (Phi) is 5.24. The van der Waals surface area contributed by atoms with Gasteiger partial charge in [-0.25, -0.2) is 0 Å². The molecule has 1 amide bonds. The lowest BCUT2D eigenvalue weighted by Gasteiger charge is -2.07. The molecular weight excluding hydrogens is 320 g/mol. The van der Waals surface area contributed by atoms with Gasteiger partial charge in [-0.2, -0.15) is 0 Å². The second kappa shape index (κ2) is 7.75. The summed E-state index contributed by atoms with van der Waals surface area (Å²) in [6, 6.07) is 21.2. The van der Waals surface area contributed by atoms with Crippen LogP contribution in [0.15, 0.2) is 72.9 Å². The summed E-state index contributed by atoms with van der Waals surface area (Å²) in [7, 11) is 0. The highest BCUT2D eigenvalue weighted by molar-refractivity contribution is 6.31. The van der Waals surface area contributed by atoms with E-state index in [4.69, 9.17) is 11.6 Å². The molecule has 0 spiro atoms. The Hall–Kier alpha value is -2.65. The van der Waals surface area contributed by atoms with Crippen LogP contribution in [0, 0.1) is 0 Å². The van der Waals surface area contributed by atoms with Crippen LogP contribution in [0.25, 0.3) is 11.1 Å². The first-order chi connectivity index (χ1) is 11.7. The fourth-order valence-electron chi connectivity index (χ4n) is 2.43. The van der Waals surface area contributed by atoms with E-state index in [1.807, 2.05) is 60.7 Å². The van der Waals surface area contributed by atoms with Crippen LogP contribution in [0.5, 0.6) is 0 Å². The van der Waals surface area contributed by atoms with E-state index in [1.165, 1.54) is 0 Å². The monoisotopic (exact) mass is 336 g/mol. The molecule has 1 aromatic heterocycles. The van der Waals surface area contributed by atoms with E-state index in [0.717, 1.165) is 21.7 Å². The smallest absolute Gasteiger partial charge is 0.269 e. The molecule has 2 aromatic carbocycles. The van der Waals surface area contributed by atoms with Crippen LogP contribution in [0.1, 0.15) is 16.1 Å². The number of hydrogen-bond acceptors (Lipinski definition) is 2. The molecule has 4 heteroatoms. The topological polar surface area (TPSA) is 42.0 Å². The summed E-state index contributed by atoms with van der Waals surface area (Å²) in [5, 5.41) is 3.59. The molecule has 0 fully saturated rings. The van der Waals surface area contributed by atoms with E-state index < -0.39 is 0 Å². The first-order valence-electron chi connectivity index (χ1n) is 7.77. The molecule has 0 radical (unpaired) electrons. The molecule has 0 aliphatic carbocycles. The average molecular weight is 337 g/mol. The molecule has 0 aliphatic heterocycles. The zero-order valence-corrected chi connectivity index (χ0v) is 13.8. The zero-order chi connectivity index (χ0) is 16.8. The van der Waals surface area contributed by atoms with E-state index in [0.29, 0.717) is 18.7 Å². The van der Waals surface area contributed by atoms with Crippen molar-refractivity contribution in [2.75, 3.05) is 6.54 Å². The summed E-state index contributed by atoms with van der Waals surface area (Å²) in [4.78, 5) is 16.4. The van der Waals surface area contributed by atoms with Crippen LogP contribution >= 0.6 is 11.6 Å². The van der Waals surface area contributed by atoms with Crippen molar-refractivity contribution in [2.45, 2.75) is 6.42 Å². The Morgan fingerprint density at radius 3 is 2.38 bits per heavy atom. The first-order valence-corrected chi connectivity index (χ1v) is 8.15. The van der Waals surface area contributed by atoms with Gasteiger partial charge in [0.05, 0.1) is 0 Å². The molecule has 0 saturated carbocycles. The van der Waals surface area contributed by atoms with Gasteiger partial charge in [-0.15, -0.1) is 0 Å². The van der Waals surface area contributed by atoms with E-state index in [2.05, 4.69) is 10.3 Å². The van der Waals surface area contributed by atoms with Crippen LogP contribution in [0.2, 0.25) is 5.02 Å². The molecule has 3 nitrogen and oxygen atoms in total. The van der Waals surface area contributed by atoms with Gasteiger partial charge in [-0.05, 0) is 29.7 Å². The van der Waals surface area contributed by atoms with Crippen molar-refractivity contribution in [1.82, 2.24) is 10.3 Å². The minimum absolute atomic E-state index is 0.179. The average Bonchev–Trinajstić information content (AvgIpc) is 2.64. The molecule has 0 saturated heterocycles. The van der Waals surface area contributed by atoms with Crippen molar-refractivity contribution < 1.29 is 4.79 Å². The second-order valence-electron chi connectivity index (χ2n) is 5.40. The van der Waals surface area contributed by atoms with Crippen LogP contribution < -0.4 is 5.32 Å². The van der Waals surface area contributed by atoms with Gasteiger partial charge >= 0.3 is 0 Å². The van der Waals surface area contributed by atoms with Gasteiger partial charge in [0.2, 0.25) is 0 Å². The number of aromatic nitrogens is 1. The number of carbonyl (C=O) groups excluding carboxylic acids is 1. The zero-order valence-electron chi connectivity index (χ0n) is 13.1. The maximum atomic E-state index is 12.2. The summed E-state index contributed by atoms with van der Waals surface area (Å²) < 4.78 is 0. The van der Waals surface area contributed by atoms with Crippen molar-refractivity contribution in [2.24, 2.45) is 0 Å². The number of halogens is 1. The Morgan fingerprint density at radius 2 is 1.67 bits per heavy atom.